The van der Waals surface area contributed by atoms with Gasteiger partial charge >= 0.3 is 0 Å². The highest BCUT2D eigenvalue weighted by atomic mass is 32.2. The Hall–Kier alpha value is 0.230. The van der Waals surface area contributed by atoms with E-state index in [4.69, 9.17) is 9.84 Å². The standard InChI is InChI=1S/C8H17NO2S/c10-3-1-4-11-5-2-9-8-6-12-7-8/h8-10H,1-7H2. The molecule has 3 nitrogen and oxygen atoms in total. The van der Waals surface area contributed by atoms with Gasteiger partial charge in [0.2, 0.25) is 0 Å². The molecule has 2 N–H and O–H groups in total. The number of nitrogens with one attached hydrogen (secondary N) is 1. The smallest absolute Gasteiger partial charge is 0.0591 e. The molecular formula is C8H17NO2S. The Morgan fingerprint density at radius 2 is 2.25 bits per heavy atom. The summed E-state index contributed by atoms with van der Waals surface area (Å²) in [6.45, 7) is 2.61. The van der Waals surface area contributed by atoms with E-state index in [1.165, 1.54) is 11.5 Å². The maximum Gasteiger partial charge on any atom is 0.0591 e. The maximum atomic E-state index is 8.46. The topological polar surface area (TPSA) is 41.5 Å². The molecule has 0 unspecified atom stereocenters. The molecule has 1 aliphatic heterocycles. The van der Waals surface area contributed by atoms with Crippen LogP contribution in [0.1, 0.15) is 6.42 Å². The summed E-state index contributed by atoms with van der Waals surface area (Å²) >= 11 is 1.98. The third-order valence-electron chi connectivity index (χ3n) is 1.76. The number of rotatable bonds is 7. The fourth-order valence-electron chi connectivity index (χ4n) is 0.957. The van der Waals surface area contributed by atoms with E-state index < -0.39 is 0 Å². The minimum atomic E-state index is 0.229. The van der Waals surface area contributed by atoms with E-state index in [0.29, 0.717) is 6.61 Å². The molecule has 0 bridgehead atoms. The average molecular weight is 191 g/mol. The Bertz CT molecular complexity index is 109. The summed E-state index contributed by atoms with van der Waals surface area (Å²) in [7, 11) is 0. The molecule has 0 saturated carbocycles. The molecular weight excluding hydrogens is 174 g/mol. The monoisotopic (exact) mass is 191 g/mol. The molecule has 0 aromatic rings. The molecule has 1 fully saturated rings. The first kappa shape index (κ1) is 10.3. The zero-order valence-corrected chi connectivity index (χ0v) is 8.11. The van der Waals surface area contributed by atoms with Crippen LogP contribution in [0.3, 0.4) is 0 Å². The Labute approximate surface area is 77.9 Å². The van der Waals surface area contributed by atoms with Crippen LogP contribution in [0.4, 0.5) is 0 Å². The van der Waals surface area contributed by atoms with Gasteiger partial charge in [0.15, 0.2) is 0 Å². The average Bonchev–Trinajstić information content (AvgIpc) is 2.00. The predicted molar refractivity (Wildman–Crippen MR) is 51.6 cm³/mol. The van der Waals surface area contributed by atoms with Crippen molar-refractivity contribution < 1.29 is 9.84 Å². The quantitative estimate of drug-likeness (QED) is 0.560. The second kappa shape index (κ2) is 6.71. The van der Waals surface area contributed by atoms with Gasteiger partial charge in [-0.05, 0) is 6.42 Å². The lowest BCUT2D eigenvalue weighted by Gasteiger charge is -2.25. The number of hydrogen-bond acceptors (Lipinski definition) is 4. The lowest BCUT2D eigenvalue weighted by Crippen LogP contribution is -2.41. The normalized spacial score (nSPS) is 17.8. The number of ether oxygens (including phenoxy) is 1. The van der Waals surface area contributed by atoms with Crippen LogP contribution in [0.5, 0.6) is 0 Å². The molecule has 0 aromatic heterocycles. The van der Waals surface area contributed by atoms with Crippen LogP contribution in [-0.2, 0) is 4.74 Å². The van der Waals surface area contributed by atoms with Gasteiger partial charge in [0.1, 0.15) is 0 Å². The van der Waals surface area contributed by atoms with Gasteiger partial charge in [-0.25, -0.2) is 0 Å². The van der Waals surface area contributed by atoms with Crippen LogP contribution < -0.4 is 5.32 Å². The summed E-state index contributed by atoms with van der Waals surface area (Å²) in [5, 5.41) is 11.8. The maximum absolute atomic E-state index is 8.46. The summed E-state index contributed by atoms with van der Waals surface area (Å²) in [5.41, 5.74) is 0. The lowest BCUT2D eigenvalue weighted by atomic mass is 10.4. The Kier molecular flexibility index (Phi) is 5.77. The number of aliphatic hydroxyl groups excluding tert-OH is 1. The van der Waals surface area contributed by atoms with Crippen molar-refractivity contribution in [3.63, 3.8) is 0 Å². The molecule has 0 atom stereocenters. The second-order valence-corrected chi connectivity index (χ2v) is 3.95. The summed E-state index contributed by atoms with van der Waals surface area (Å²) < 4.78 is 5.26. The van der Waals surface area contributed by atoms with Gasteiger partial charge in [-0.15, -0.1) is 0 Å². The van der Waals surface area contributed by atoms with E-state index in [9.17, 15) is 0 Å². The SMILES string of the molecule is OCCCOCCNC1CSC1. The zero-order chi connectivity index (χ0) is 8.65. The van der Waals surface area contributed by atoms with Crippen molar-refractivity contribution >= 4 is 11.8 Å². The van der Waals surface area contributed by atoms with Crippen LogP contribution in [0, 0.1) is 0 Å². The van der Waals surface area contributed by atoms with Crippen molar-refractivity contribution in [2.24, 2.45) is 0 Å². The Balaban J connectivity index is 1.70. The van der Waals surface area contributed by atoms with E-state index in [1.807, 2.05) is 11.8 Å². The molecule has 12 heavy (non-hydrogen) atoms. The summed E-state index contributed by atoms with van der Waals surface area (Å²) in [6.07, 6.45) is 0.749. The molecule has 1 heterocycles. The van der Waals surface area contributed by atoms with E-state index >= 15 is 0 Å². The first-order chi connectivity index (χ1) is 5.93. The van der Waals surface area contributed by atoms with Crippen molar-refractivity contribution in [2.45, 2.75) is 12.5 Å². The molecule has 1 aliphatic rings. The van der Waals surface area contributed by atoms with Crippen molar-refractivity contribution in [3.05, 3.63) is 0 Å². The molecule has 0 aliphatic carbocycles. The fraction of sp³-hybridized carbons (Fsp3) is 1.00. The highest BCUT2D eigenvalue weighted by Gasteiger charge is 2.16. The number of aliphatic hydroxyl groups is 1. The summed E-state index contributed by atoms with van der Waals surface area (Å²) in [6, 6.07) is 0.719. The van der Waals surface area contributed by atoms with Gasteiger partial charge in [-0.2, -0.15) is 11.8 Å². The van der Waals surface area contributed by atoms with E-state index in [0.717, 1.165) is 25.6 Å². The van der Waals surface area contributed by atoms with Crippen LogP contribution in [-0.4, -0.2) is 49.0 Å². The Morgan fingerprint density at radius 1 is 1.42 bits per heavy atom. The number of hydrogen-bond donors (Lipinski definition) is 2. The molecule has 0 amide bonds. The second-order valence-electron chi connectivity index (χ2n) is 2.88. The molecule has 0 spiro atoms. The first-order valence-electron chi connectivity index (χ1n) is 4.43. The van der Waals surface area contributed by atoms with E-state index in [-0.39, 0.29) is 6.61 Å². The van der Waals surface area contributed by atoms with Crippen molar-refractivity contribution in [2.75, 3.05) is 37.9 Å². The summed E-state index contributed by atoms with van der Waals surface area (Å²) in [4.78, 5) is 0. The molecule has 0 radical (unpaired) electrons. The van der Waals surface area contributed by atoms with Crippen molar-refractivity contribution in [1.82, 2.24) is 5.32 Å². The highest BCUT2D eigenvalue weighted by molar-refractivity contribution is 8.00. The van der Waals surface area contributed by atoms with Gasteiger partial charge in [0.05, 0.1) is 6.61 Å². The molecule has 1 saturated heterocycles. The number of thioether (sulfide) groups is 1. The Morgan fingerprint density at radius 3 is 2.83 bits per heavy atom. The molecule has 1 rings (SSSR count). The zero-order valence-electron chi connectivity index (χ0n) is 7.29. The third-order valence-corrected chi connectivity index (χ3v) is 3.04. The van der Waals surface area contributed by atoms with Gasteiger partial charge in [0, 0.05) is 37.3 Å². The van der Waals surface area contributed by atoms with Gasteiger partial charge < -0.3 is 15.2 Å². The van der Waals surface area contributed by atoms with Crippen LogP contribution in [0.2, 0.25) is 0 Å². The van der Waals surface area contributed by atoms with E-state index in [1.54, 1.807) is 0 Å². The van der Waals surface area contributed by atoms with Crippen LogP contribution in [0.25, 0.3) is 0 Å². The van der Waals surface area contributed by atoms with Crippen LogP contribution >= 0.6 is 11.8 Å². The van der Waals surface area contributed by atoms with Gasteiger partial charge in [0.25, 0.3) is 0 Å². The van der Waals surface area contributed by atoms with Crippen molar-refractivity contribution in [1.29, 1.82) is 0 Å². The minimum absolute atomic E-state index is 0.229. The molecule has 4 heteroatoms. The first-order valence-corrected chi connectivity index (χ1v) is 5.58. The van der Waals surface area contributed by atoms with E-state index in [2.05, 4.69) is 5.32 Å². The third kappa shape index (κ3) is 4.30. The van der Waals surface area contributed by atoms with Crippen LogP contribution in [0.15, 0.2) is 0 Å². The van der Waals surface area contributed by atoms with Gasteiger partial charge in [-0.3, -0.25) is 0 Å². The fourth-order valence-corrected chi connectivity index (χ4v) is 1.66. The highest BCUT2D eigenvalue weighted by Crippen LogP contribution is 2.16. The largest absolute Gasteiger partial charge is 0.396 e. The summed E-state index contributed by atoms with van der Waals surface area (Å²) in [5.74, 6) is 2.49. The lowest BCUT2D eigenvalue weighted by molar-refractivity contribution is 0.116. The molecule has 0 aromatic carbocycles. The van der Waals surface area contributed by atoms with Gasteiger partial charge in [-0.1, -0.05) is 0 Å². The van der Waals surface area contributed by atoms with Crippen molar-refractivity contribution in [3.8, 4) is 0 Å². The minimum Gasteiger partial charge on any atom is -0.396 e. The predicted octanol–water partition coefficient (Wildman–Crippen LogP) is 0.0904. The molecule has 72 valence electrons.